The Hall–Kier alpha value is -5.86. The first-order valence-electron chi connectivity index (χ1n) is 15.4. The summed E-state index contributed by atoms with van der Waals surface area (Å²) in [5, 5.41) is 2.56. The maximum atomic E-state index is 2.36. The Morgan fingerprint density at radius 1 is 0.356 bits per heavy atom. The third-order valence-electron chi connectivity index (χ3n) is 8.69. The van der Waals surface area contributed by atoms with Gasteiger partial charge in [0.1, 0.15) is 0 Å². The fraction of sp³-hybridized carbons (Fsp3) is 0.0233. The normalized spacial score (nSPS) is 11.2. The van der Waals surface area contributed by atoms with Crippen LogP contribution in [0.3, 0.4) is 0 Å². The molecule has 0 atom stereocenters. The molecule has 1 heterocycles. The molecule has 0 N–H and O–H groups in total. The lowest BCUT2D eigenvalue weighted by Gasteiger charge is -2.26. The Morgan fingerprint density at radius 2 is 0.733 bits per heavy atom. The SMILES string of the molecule is Cc1ccc(N(c2ccc(-c3ccccc3)cc2)c2ccc(-c3ccc(-n4c5ccccc5c5ccccc54)cc3)cc2)cc1. The summed E-state index contributed by atoms with van der Waals surface area (Å²) in [6, 6.07) is 63.2. The third kappa shape index (κ3) is 4.97. The van der Waals surface area contributed by atoms with Crippen molar-refractivity contribution < 1.29 is 0 Å². The van der Waals surface area contributed by atoms with Gasteiger partial charge in [-0.3, -0.25) is 0 Å². The minimum Gasteiger partial charge on any atom is -0.311 e. The lowest BCUT2D eigenvalue weighted by Crippen LogP contribution is -2.09. The van der Waals surface area contributed by atoms with Gasteiger partial charge in [-0.05, 0) is 89.8 Å². The van der Waals surface area contributed by atoms with Gasteiger partial charge in [-0.25, -0.2) is 0 Å². The average molecular weight is 577 g/mol. The number of benzene rings is 7. The van der Waals surface area contributed by atoms with E-state index >= 15 is 0 Å². The molecule has 2 nitrogen and oxygen atoms in total. The maximum Gasteiger partial charge on any atom is 0.0541 e. The fourth-order valence-corrected chi connectivity index (χ4v) is 6.38. The third-order valence-corrected chi connectivity index (χ3v) is 8.69. The van der Waals surface area contributed by atoms with Gasteiger partial charge in [0.25, 0.3) is 0 Å². The molecular weight excluding hydrogens is 544 g/mol. The van der Waals surface area contributed by atoms with Crippen LogP contribution in [0.1, 0.15) is 5.56 Å². The second kappa shape index (κ2) is 11.3. The molecule has 0 spiro atoms. The number of rotatable bonds is 6. The van der Waals surface area contributed by atoms with E-state index in [4.69, 9.17) is 0 Å². The highest BCUT2D eigenvalue weighted by molar-refractivity contribution is 6.09. The molecular formula is C43H32N2. The van der Waals surface area contributed by atoms with Crippen LogP contribution in [0.5, 0.6) is 0 Å². The highest BCUT2D eigenvalue weighted by Crippen LogP contribution is 2.37. The molecule has 7 aromatic carbocycles. The molecule has 8 aromatic rings. The molecule has 8 rings (SSSR count). The zero-order valence-corrected chi connectivity index (χ0v) is 25.1. The summed E-state index contributed by atoms with van der Waals surface area (Å²) in [5.41, 5.74) is 13.1. The number of aryl methyl sites for hydroxylation is 1. The summed E-state index contributed by atoms with van der Waals surface area (Å²) in [7, 11) is 0. The number of nitrogens with zero attached hydrogens (tertiary/aromatic N) is 2. The van der Waals surface area contributed by atoms with Crippen LogP contribution in [-0.4, -0.2) is 4.57 Å². The first-order chi connectivity index (χ1) is 22.2. The Labute approximate surface area is 264 Å². The molecule has 45 heavy (non-hydrogen) atoms. The molecule has 0 aliphatic carbocycles. The summed E-state index contributed by atoms with van der Waals surface area (Å²) in [6.45, 7) is 2.13. The molecule has 0 saturated carbocycles. The summed E-state index contributed by atoms with van der Waals surface area (Å²) >= 11 is 0. The quantitative estimate of drug-likeness (QED) is 0.191. The van der Waals surface area contributed by atoms with Crippen molar-refractivity contribution >= 4 is 38.9 Å². The molecule has 1 aromatic heterocycles. The largest absolute Gasteiger partial charge is 0.311 e. The zero-order valence-electron chi connectivity index (χ0n) is 25.1. The smallest absolute Gasteiger partial charge is 0.0541 e. The van der Waals surface area contributed by atoms with Crippen LogP contribution in [0.15, 0.2) is 176 Å². The molecule has 0 bridgehead atoms. The number of hydrogen-bond donors (Lipinski definition) is 0. The number of fused-ring (bicyclic) bond motifs is 3. The van der Waals surface area contributed by atoms with Crippen molar-refractivity contribution in [3.05, 3.63) is 181 Å². The number of hydrogen-bond acceptors (Lipinski definition) is 1. The Balaban J connectivity index is 1.12. The van der Waals surface area contributed by atoms with E-state index in [2.05, 4.69) is 192 Å². The highest BCUT2D eigenvalue weighted by atomic mass is 15.1. The number of aromatic nitrogens is 1. The molecule has 0 radical (unpaired) electrons. The van der Waals surface area contributed by atoms with Crippen LogP contribution in [0, 0.1) is 6.92 Å². The first kappa shape index (κ1) is 26.7. The van der Waals surface area contributed by atoms with E-state index in [0.717, 1.165) is 22.7 Å². The van der Waals surface area contributed by atoms with E-state index in [1.165, 1.54) is 49.6 Å². The number of anilines is 3. The molecule has 0 unspecified atom stereocenters. The van der Waals surface area contributed by atoms with Crippen LogP contribution in [-0.2, 0) is 0 Å². The lowest BCUT2D eigenvalue weighted by atomic mass is 10.0. The van der Waals surface area contributed by atoms with Gasteiger partial charge in [-0.2, -0.15) is 0 Å². The fourth-order valence-electron chi connectivity index (χ4n) is 6.38. The van der Waals surface area contributed by atoms with Crippen molar-refractivity contribution in [1.29, 1.82) is 0 Å². The Morgan fingerprint density at radius 3 is 1.22 bits per heavy atom. The zero-order chi connectivity index (χ0) is 30.2. The van der Waals surface area contributed by atoms with E-state index in [1.807, 2.05) is 0 Å². The molecule has 214 valence electrons. The van der Waals surface area contributed by atoms with Crippen molar-refractivity contribution in [3.8, 4) is 27.9 Å². The minimum atomic E-state index is 1.12. The Bertz CT molecular complexity index is 2170. The topological polar surface area (TPSA) is 8.17 Å². The van der Waals surface area contributed by atoms with Crippen molar-refractivity contribution in [2.45, 2.75) is 6.92 Å². The van der Waals surface area contributed by atoms with Crippen LogP contribution in [0.2, 0.25) is 0 Å². The summed E-state index contributed by atoms with van der Waals surface area (Å²) in [4.78, 5) is 2.32. The molecule has 0 aliphatic rings. The van der Waals surface area contributed by atoms with Crippen molar-refractivity contribution in [2.75, 3.05) is 4.90 Å². The first-order valence-corrected chi connectivity index (χ1v) is 15.4. The van der Waals surface area contributed by atoms with Crippen molar-refractivity contribution in [2.24, 2.45) is 0 Å². The van der Waals surface area contributed by atoms with Crippen LogP contribution < -0.4 is 4.90 Å². The average Bonchev–Trinajstić information content (AvgIpc) is 3.45. The predicted octanol–water partition coefficient (Wildman–Crippen LogP) is 11.9. The van der Waals surface area contributed by atoms with E-state index in [9.17, 15) is 0 Å². The maximum absolute atomic E-state index is 2.36. The van der Waals surface area contributed by atoms with Gasteiger partial charge in [0.05, 0.1) is 11.0 Å². The van der Waals surface area contributed by atoms with Crippen molar-refractivity contribution in [3.63, 3.8) is 0 Å². The minimum absolute atomic E-state index is 1.12. The standard InChI is InChI=1S/C43H32N2/c1-31-15-23-36(24-16-31)44(37-25-17-33(18-26-37)32-9-3-2-4-10-32)38-27-19-34(20-28-38)35-21-29-39(30-22-35)45-42-13-7-5-11-40(42)41-12-6-8-14-43(41)45/h2-30H,1H3. The van der Waals surface area contributed by atoms with E-state index < -0.39 is 0 Å². The van der Waals surface area contributed by atoms with E-state index in [-0.39, 0.29) is 0 Å². The molecule has 2 heteroatoms. The highest BCUT2D eigenvalue weighted by Gasteiger charge is 2.14. The summed E-state index contributed by atoms with van der Waals surface area (Å²) in [6.07, 6.45) is 0. The summed E-state index contributed by atoms with van der Waals surface area (Å²) in [5.74, 6) is 0. The second-order valence-electron chi connectivity index (χ2n) is 11.5. The van der Waals surface area contributed by atoms with E-state index in [0.29, 0.717) is 0 Å². The predicted molar refractivity (Wildman–Crippen MR) is 191 cm³/mol. The van der Waals surface area contributed by atoms with Gasteiger partial charge in [0.2, 0.25) is 0 Å². The van der Waals surface area contributed by atoms with Gasteiger partial charge < -0.3 is 9.47 Å². The molecule has 0 saturated heterocycles. The lowest BCUT2D eigenvalue weighted by molar-refractivity contribution is 1.18. The second-order valence-corrected chi connectivity index (χ2v) is 11.5. The van der Waals surface area contributed by atoms with Gasteiger partial charge in [0.15, 0.2) is 0 Å². The molecule has 0 amide bonds. The molecule has 0 fully saturated rings. The van der Waals surface area contributed by atoms with Gasteiger partial charge in [-0.15, -0.1) is 0 Å². The van der Waals surface area contributed by atoms with Crippen LogP contribution in [0.25, 0.3) is 49.7 Å². The summed E-state index contributed by atoms with van der Waals surface area (Å²) < 4.78 is 2.36. The van der Waals surface area contributed by atoms with Crippen molar-refractivity contribution in [1.82, 2.24) is 4.57 Å². The Kier molecular flexibility index (Phi) is 6.73. The van der Waals surface area contributed by atoms with Gasteiger partial charge >= 0.3 is 0 Å². The van der Waals surface area contributed by atoms with E-state index in [1.54, 1.807) is 0 Å². The van der Waals surface area contributed by atoms with Crippen LogP contribution >= 0.6 is 0 Å². The van der Waals surface area contributed by atoms with Crippen LogP contribution in [0.4, 0.5) is 17.1 Å². The number of para-hydroxylation sites is 2. The molecule has 0 aliphatic heterocycles. The van der Waals surface area contributed by atoms with Gasteiger partial charge in [-0.1, -0.05) is 121 Å². The van der Waals surface area contributed by atoms with Gasteiger partial charge in [0, 0.05) is 33.5 Å². The monoisotopic (exact) mass is 576 g/mol.